The molecule has 0 aromatic rings. The summed E-state index contributed by atoms with van der Waals surface area (Å²) in [5, 5.41) is 0. The van der Waals surface area contributed by atoms with E-state index in [0.29, 0.717) is 12.3 Å². The number of esters is 1. The highest BCUT2D eigenvalue weighted by molar-refractivity contribution is 5.79. The van der Waals surface area contributed by atoms with Crippen LogP contribution in [0.2, 0.25) is 0 Å². The van der Waals surface area contributed by atoms with Gasteiger partial charge in [-0.05, 0) is 12.8 Å². The highest BCUT2D eigenvalue weighted by Crippen LogP contribution is 2.18. The van der Waals surface area contributed by atoms with Gasteiger partial charge >= 0.3 is 5.97 Å². The second-order valence-corrected chi connectivity index (χ2v) is 5.77. The Kier molecular flexibility index (Phi) is 8.35. The van der Waals surface area contributed by atoms with E-state index in [4.69, 9.17) is 0 Å². The van der Waals surface area contributed by atoms with E-state index in [2.05, 4.69) is 23.5 Å². The number of methoxy groups -OCH3 is 1. The van der Waals surface area contributed by atoms with Crippen molar-refractivity contribution in [3.8, 4) is 0 Å². The summed E-state index contributed by atoms with van der Waals surface area (Å²) in [5.41, 5.74) is 0. The maximum Gasteiger partial charge on any atom is 0.306 e. The summed E-state index contributed by atoms with van der Waals surface area (Å²) in [6, 6.07) is 0. The van der Waals surface area contributed by atoms with Crippen LogP contribution >= 0.6 is 0 Å². The number of hydrogen-bond donors (Lipinski definition) is 0. The molecule has 21 heavy (non-hydrogen) atoms. The van der Waals surface area contributed by atoms with Gasteiger partial charge in [-0.15, -0.1) is 0 Å². The molecule has 122 valence electrons. The molecule has 1 amide bonds. The third-order valence-corrected chi connectivity index (χ3v) is 4.17. The molecule has 0 bridgehead atoms. The van der Waals surface area contributed by atoms with Crippen molar-refractivity contribution in [2.24, 2.45) is 5.92 Å². The average molecular weight is 298 g/mol. The van der Waals surface area contributed by atoms with Gasteiger partial charge in [0.15, 0.2) is 0 Å². The van der Waals surface area contributed by atoms with Crippen molar-refractivity contribution in [2.45, 2.75) is 46.0 Å². The molecule has 0 spiro atoms. The molecule has 1 saturated heterocycles. The monoisotopic (exact) mass is 298 g/mol. The van der Waals surface area contributed by atoms with Gasteiger partial charge in [0.05, 0.1) is 13.5 Å². The van der Waals surface area contributed by atoms with E-state index in [9.17, 15) is 9.59 Å². The van der Waals surface area contributed by atoms with Crippen LogP contribution in [0.3, 0.4) is 0 Å². The molecule has 5 nitrogen and oxygen atoms in total. The van der Waals surface area contributed by atoms with E-state index < -0.39 is 0 Å². The molecule has 1 heterocycles. The van der Waals surface area contributed by atoms with Crippen LogP contribution < -0.4 is 0 Å². The molecule has 1 rings (SSSR count). The third kappa shape index (κ3) is 6.04. The zero-order valence-corrected chi connectivity index (χ0v) is 13.8. The van der Waals surface area contributed by atoms with Gasteiger partial charge in [-0.1, -0.05) is 26.7 Å². The fourth-order valence-corrected chi connectivity index (χ4v) is 2.89. The first-order chi connectivity index (χ1) is 10.1. The molecule has 0 aliphatic carbocycles. The molecule has 1 aliphatic rings. The van der Waals surface area contributed by atoms with Crippen molar-refractivity contribution in [2.75, 3.05) is 39.8 Å². The quantitative estimate of drug-likeness (QED) is 0.642. The number of carbonyl (C=O) groups excluding carboxylic acids is 2. The second-order valence-electron chi connectivity index (χ2n) is 5.77. The van der Waals surface area contributed by atoms with Crippen LogP contribution in [0.25, 0.3) is 0 Å². The van der Waals surface area contributed by atoms with Gasteiger partial charge < -0.3 is 9.64 Å². The molecule has 0 radical (unpaired) electrons. The van der Waals surface area contributed by atoms with E-state index in [1.54, 1.807) is 0 Å². The summed E-state index contributed by atoms with van der Waals surface area (Å²) in [5.74, 6) is 0.354. The Morgan fingerprint density at radius 2 is 1.62 bits per heavy atom. The van der Waals surface area contributed by atoms with Gasteiger partial charge in [-0.25, -0.2) is 0 Å². The van der Waals surface area contributed by atoms with E-state index in [-0.39, 0.29) is 11.9 Å². The van der Waals surface area contributed by atoms with Crippen LogP contribution in [0.4, 0.5) is 0 Å². The number of carbonyl (C=O) groups is 2. The highest BCUT2D eigenvalue weighted by Gasteiger charge is 2.26. The van der Waals surface area contributed by atoms with E-state index in [0.717, 1.165) is 58.4 Å². The first kappa shape index (κ1) is 18.0. The molecule has 0 aromatic carbocycles. The molecule has 1 fully saturated rings. The number of rotatable bonds is 8. The summed E-state index contributed by atoms with van der Waals surface area (Å²) in [7, 11) is 1.42. The standard InChI is InChI=1S/C16H30N2O3/c1-4-6-14(7-5-2)16(20)18-12-10-17(11-13-18)9-8-15(19)21-3/h14H,4-13H2,1-3H3. The number of nitrogens with zero attached hydrogens (tertiary/aromatic N) is 2. The normalized spacial score (nSPS) is 16.3. The minimum absolute atomic E-state index is 0.167. The molecule has 5 heteroatoms. The maximum absolute atomic E-state index is 12.5. The van der Waals surface area contributed by atoms with Gasteiger partial charge in [0.1, 0.15) is 0 Å². The largest absolute Gasteiger partial charge is 0.469 e. The maximum atomic E-state index is 12.5. The summed E-state index contributed by atoms with van der Waals surface area (Å²) >= 11 is 0. The predicted molar refractivity (Wildman–Crippen MR) is 83.0 cm³/mol. The van der Waals surface area contributed by atoms with Crippen LogP contribution in [0.5, 0.6) is 0 Å². The Balaban J connectivity index is 2.37. The first-order valence-electron chi connectivity index (χ1n) is 8.20. The highest BCUT2D eigenvalue weighted by atomic mass is 16.5. The van der Waals surface area contributed by atoms with Gasteiger partial charge in [-0.3, -0.25) is 14.5 Å². The van der Waals surface area contributed by atoms with Gasteiger partial charge in [0.25, 0.3) is 0 Å². The number of ether oxygens (including phenoxy) is 1. The molecule has 0 atom stereocenters. The smallest absolute Gasteiger partial charge is 0.306 e. The molecule has 0 unspecified atom stereocenters. The fourth-order valence-electron chi connectivity index (χ4n) is 2.89. The number of hydrogen-bond acceptors (Lipinski definition) is 4. The Morgan fingerprint density at radius 1 is 1.05 bits per heavy atom. The van der Waals surface area contributed by atoms with E-state index in [1.165, 1.54) is 7.11 Å². The lowest BCUT2D eigenvalue weighted by Crippen LogP contribution is -2.50. The van der Waals surface area contributed by atoms with Crippen molar-refractivity contribution in [1.82, 2.24) is 9.80 Å². The zero-order valence-electron chi connectivity index (χ0n) is 13.8. The average Bonchev–Trinajstić information content (AvgIpc) is 2.52. The minimum Gasteiger partial charge on any atom is -0.469 e. The molecule has 1 aliphatic heterocycles. The third-order valence-electron chi connectivity index (χ3n) is 4.17. The molecule has 0 saturated carbocycles. The lowest BCUT2D eigenvalue weighted by atomic mass is 9.96. The number of amides is 1. The Hall–Kier alpha value is -1.10. The van der Waals surface area contributed by atoms with Crippen LogP contribution in [0.1, 0.15) is 46.0 Å². The van der Waals surface area contributed by atoms with Gasteiger partial charge in [-0.2, -0.15) is 0 Å². The molecule has 0 N–H and O–H groups in total. The number of piperazine rings is 1. The lowest BCUT2D eigenvalue weighted by Gasteiger charge is -2.36. The molecular weight excluding hydrogens is 268 g/mol. The van der Waals surface area contributed by atoms with Crippen LogP contribution in [0.15, 0.2) is 0 Å². The van der Waals surface area contributed by atoms with Crippen molar-refractivity contribution in [3.05, 3.63) is 0 Å². The van der Waals surface area contributed by atoms with Crippen LogP contribution in [-0.2, 0) is 14.3 Å². The SMILES string of the molecule is CCCC(CCC)C(=O)N1CCN(CCC(=O)OC)CC1. The van der Waals surface area contributed by atoms with Crippen LogP contribution in [-0.4, -0.2) is 61.5 Å². The second kappa shape index (κ2) is 9.77. The first-order valence-corrected chi connectivity index (χ1v) is 8.20. The van der Waals surface area contributed by atoms with Crippen molar-refractivity contribution >= 4 is 11.9 Å². The minimum atomic E-state index is -0.167. The van der Waals surface area contributed by atoms with Gasteiger partial charge in [0.2, 0.25) is 5.91 Å². The topological polar surface area (TPSA) is 49.9 Å². The zero-order chi connectivity index (χ0) is 15.7. The van der Waals surface area contributed by atoms with Crippen molar-refractivity contribution in [1.29, 1.82) is 0 Å². The summed E-state index contributed by atoms with van der Waals surface area (Å²) in [6.07, 6.45) is 4.55. The van der Waals surface area contributed by atoms with E-state index >= 15 is 0 Å². The molecule has 0 aromatic heterocycles. The van der Waals surface area contributed by atoms with Crippen LogP contribution in [0, 0.1) is 5.92 Å². The Morgan fingerprint density at radius 3 is 2.10 bits per heavy atom. The summed E-state index contributed by atoms with van der Waals surface area (Å²) in [4.78, 5) is 27.9. The van der Waals surface area contributed by atoms with Crippen molar-refractivity contribution in [3.63, 3.8) is 0 Å². The Labute approximate surface area is 128 Å². The predicted octanol–water partition coefficient (Wildman–Crippen LogP) is 1.91. The lowest BCUT2D eigenvalue weighted by molar-refractivity contribution is -0.142. The summed E-state index contributed by atoms with van der Waals surface area (Å²) in [6.45, 7) is 8.28. The molecular formula is C16H30N2O3. The Bertz CT molecular complexity index is 319. The summed E-state index contributed by atoms with van der Waals surface area (Å²) < 4.78 is 4.66. The van der Waals surface area contributed by atoms with Gasteiger partial charge in [0, 0.05) is 38.6 Å². The fraction of sp³-hybridized carbons (Fsp3) is 0.875. The van der Waals surface area contributed by atoms with E-state index in [1.807, 2.05) is 4.90 Å². The van der Waals surface area contributed by atoms with Crippen molar-refractivity contribution < 1.29 is 14.3 Å².